The highest BCUT2D eigenvalue weighted by Gasteiger charge is 2.24. The van der Waals surface area contributed by atoms with Gasteiger partial charge in [0, 0.05) is 29.8 Å². The molecule has 1 atom stereocenters. The number of methoxy groups -OCH3 is 1. The van der Waals surface area contributed by atoms with Crippen molar-refractivity contribution in [1.29, 1.82) is 5.41 Å². The number of rotatable bonds is 5. The lowest BCUT2D eigenvalue weighted by molar-refractivity contribution is 0.0999. The molecule has 0 radical (unpaired) electrons. The van der Waals surface area contributed by atoms with Crippen LogP contribution in [0.4, 0.5) is 0 Å². The van der Waals surface area contributed by atoms with Crippen LogP contribution >= 0.6 is 0 Å². The maximum Gasteiger partial charge on any atom is 0.249 e. The normalized spacial score (nSPS) is 16.7. The number of amides is 1. The third-order valence-electron chi connectivity index (χ3n) is 5.51. The van der Waals surface area contributed by atoms with E-state index in [2.05, 4.69) is 4.90 Å². The quantitative estimate of drug-likeness (QED) is 0.548. The number of carbonyl (C=O) groups is 1. The number of para-hydroxylation sites is 1. The third kappa shape index (κ3) is 3.87. The Morgan fingerprint density at radius 1 is 1.29 bits per heavy atom. The van der Waals surface area contributed by atoms with E-state index in [4.69, 9.17) is 21.6 Å². The van der Waals surface area contributed by atoms with E-state index in [0.717, 1.165) is 48.2 Å². The highest BCUT2D eigenvalue weighted by atomic mass is 16.5. The molecule has 2 aromatic rings. The summed E-state index contributed by atoms with van der Waals surface area (Å²) in [4.78, 5) is 14.2. The number of nitrogens with zero attached hydrogens (tertiary/aromatic N) is 1. The molecule has 1 amide bonds. The largest absolute Gasteiger partial charge is 0.496 e. The third-order valence-corrected chi connectivity index (χ3v) is 5.51. The maximum absolute atomic E-state index is 12.1. The first-order valence-electron chi connectivity index (χ1n) is 9.58. The molecule has 1 fully saturated rings. The van der Waals surface area contributed by atoms with Gasteiger partial charge in [-0.25, -0.2) is 0 Å². The van der Waals surface area contributed by atoms with E-state index in [0.29, 0.717) is 29.6 Å². The minimum absolute atomic E-state index is 0.391. The van der Waals surface area contributed by atoms with Gasteiger partial charge in [0.2, 0.25) is 5.91 Å². The van der Waals surface area contributed by atoms with Gasteiger partial charge in [-0.2, -0.15) is 0 Å². The molecule has 148 valence electrons. The minimum atomic E-state index is -0.498. The van der Waals surface area contributed by atoms with Gasteiger partial charge in [0.05, 0.1) is 7.11 Å². The zero-order chi connectivity index (χ0) is 20.3. The van der Waals surface area contributed by atoms with Crippen molar-refractivity contribution in [2.45, 2.75) is 19.8 Å². The predicted octanol–water partition coefficient (Wildman–Crippen LogP) is 2.77. The molecule has 1 heterocycles. The van der Waals surface area contributed by atoms with E-state index in [9.17, 15) is 4.79 Å². The Labute approximate surface area is 166 Å². The molecule has 0 saturated carbocycles. The van der Waals surface area contributed by atoms with Crippen LogP contribution < -0.4 is 16.2 Å². The Morgan fingerprint density at radius 3 is 2.68 bits per heavy atom. The molecule has 0 aromatic heterocycles. The fraction of sp³-hybridized carbons (Fsp3) is 0.364. The van der Waals surface area contributed by atoms with E-state index < -0.39 is 5.91 Å². The lowest BCUT2D eigenvalue weighted by Gasteiger charge is -2.34. The van der Waals surface area contributed by atoms with Crippen LogP contribution in [0, 0.1) is 18.3 Å². The summed E-state index contributed by atoms with van der Waals surface area (Å²) in [5.74, 6) is 1.01. The molecule has 1 unspecified atom stereocenters. The van der Waals surface area contributed by atoms with E-state index in [1.165, 1.54) is 0 Å². The summed E-state index contributed by atoms with van der Waals surface area (Å²) in [6.45, 7) is 4.05. The van der Waals surface area contributed by atoms with Crippen LogP contribution in [0.1, 0.15) is 34.3 Å². The zero-order valence-electron chi connectivity index (χ0n) is 16.5. The number of primary amides is 1. The van der Waals surface area contributed by atoms with Crippen LogP contribution in [0.5, 0.6) is 5.75 Å². The van der Waals surface area contributed by atoms with E-state index in [1.807, 2.05) is 37.3 Å². The van der Waals surface area contributed by atoms with E-state index >= 15 is 0 Å². The van der Waals surface area contributed by atoms with Crippen LogP contribution in [0.2, 0.25) is 0 Å². The molecule has 6 heteroatoms. The van der Waals surface area contributed by atoms with Gasteiger partial charge in [0.15, 0.2) is 0 Å². The van der Waals surface area contributed by atoms with Crippen molar-refractivity contribution in [1.82, 2.24) is 4.90 Å². The van der Waals surface area contributed by atoms with Crippen molar-refractivity contribution in [3.8, 4) is 16.9 Å². The number of carbonyl (C=O) groups excluding carboxylic acids is 1. The number of ether oxygens (including phenoxy) is 1. The highest BCUT2D eigenvalue weighted by molar-refractivity contribution is 6.04. The molecule has 0 bridgehead atoms. The molecule has 28 heavy (non-hydrogen) atoms. The van der Waals surface area contributed by atoms with Gasteiger partial charge in [-0.15, -0.1) is 0 Å². The van der Waals surface area contributed by atoms with Gasteiger partial charge >= 0.3 is 0 Å². The molecular formula is C22H28N4O2. The Hall–Kier alpha value is -2.86. The van der Waals surface area contributed by atoms with Crippen molar-refractivity contribution < 1.29 is 9.53 Å². The van der Waals surface area contributed by atoms with Crippen LogP contribution in [0.25, 0.3) is 11.1 Å². The van der Waals surface area contributed by atoms with Crippen LogP contribution in [0.15, 0.2) is 36.4 Å². The smallest absolute Gasteiger partial charge is 0.249 e. The molecule has 3 rings (SSSR count). The molecule has 1 aliphatic heterocycles. The first-order valence-corrected chi connectivity index (χ1v) is 9.58. The Balaban J connectivity index is 2.09. The molecule has 1 saturated heterocycles. The summed E-state index contributed by atoms with van der Waals surface area (Å²) in [6.07, 6.45) is 2.10. The second kappa shape index (κ2) is 8.44. The number of hydrogen-bond donors (Lipinski definition) is 3. The summed E-state index contributed by atoms with van der Waals surface area (Å²) in [5, 5.41) is 8.83. The fourth-order valence-corrected chi connectivity index (χ4v) is 3.89. The van der Waals surface area contributed by atoms with Crippen LogP contribution in [-0.2, 0) is 0 Å². The monoisotopic (exact) mass is 380 g/mol. The number of nitrogens with one attached hydrogen (secondary N) is 1. The average Bonchev–Trinajstić information content (AvgIpc) is 2.73. The SMILES string of the molecule is COc1ccccc1-c1cc(C(=N)N2CCCC(CN)C2)c(C)c(C(N)=O)c1. The molecule has 2 aromatic carbocycles. The van der Waals surface area contributed by atoms with Crippen molar-refractivity contribution >= 4 is 11.7 Å². The first kappa shape index (κ1) is 19.9. The first-order chi connectivity index (χ1) is 13.5. The second-order valence-electron chi connectivity index (χ2n) is 7.30. The van der Waals surface area contributed by atoms with Crippen molar-refractivity contribution in [2.24, 2.45) is 17.4 Å². The Kier molecular flexibility index (Phi) is 5.99. The summed E-state index contributed by atoms with van der Waals surface area (Å²) >= 11 is 0. The Bertz CT molecular complexity index is 894. The molecular weight excluding hydrogens is 352 g/mol. The molecule has 6 nitrogen and oxygen atoms in total. The topological polar surface area (TPSA) is 105 Å². The summed E-state index contributed by atoms with van der Waals surface area (Å²) in [6, 6.07) is 11.4. The van der Waals surface area contributed by atoms with Gasteiger partial charge in [0.25, 0.3) is 0 Å². The molecule has 5 N–H and O–H groups in total. The zero-order valence-corrected chi connectivity index (χ0v) is 16.5. The number of amidine groups is 1. The van der Waals surface area contributed by atoms with E-state index in [1.54, 1.807) is 13.2 Å². The second-order valence-corrected chi connectivity index (χ2v) is 7.30. The molecule has 0 spiro atoms. The summed E-state index contributed by atoms with van der Waals surface area (Å²) in [7, 11) is 1.62. The molecule has 1 aliphatic rings. The number of likely N-dealkylation sites (tertiary alicyclic amines) is 1. The standard InChI is InChI=1S/C22H28N4O2/c1-14-18(21(24)26-9-5-6-15(12-23)13-26)10-16(11-19(14)22(25)27)17-7-3-4-8-20(17)28-2/h3-4,7-8,10-11,15,24H,5-6,9,12-13,23H2,1-2H3,(H2,25,27). The molecule has 0 aliphatic carbocycles. The van der Waals surface area contributed by atoms with Gasteiger partial charge in [-0.1, -0.05) is 18.2 Å². The van der Waals surface area contributed by atoms with Gasteiger partial charge in [-0.3, -0.25) is 10.2 Å². The van der Waals surface area contributed by atoms with Crippen molar-refractivity contribution in [3.05, 3.63) is 53.1 Å². The average molecular weight is 380 g/mol. The minimum Gasteiger partial charge on any atom is -0.496 e. The van der Waals surface area contributed by atoms with Gasteiger partial charge in [-0.05, 0) is 61.6 Å². The lowest BCUT2D eigenvalue weighted by atomic mass is 9.92. The van der Waals surface area contributed by atoms with Gasteiger partial charge < -0.3 is 21.1 Å². The Morgan fingerprint density at radius 2 is 2.00 bits per heavy atom. The van der Waals surface area contributed by atoms with E-state index in [-0.39, 0.29) is 0 Å². The summed E-state index contributed by atoms with van der Waals surface area (Å²) in [5.41, 5.74) is 15.1. The van der Waals surface area contributed by atoms with Gasteiger partial charge in [0.1, 0.15) is 11.6 Å². The maximum atomic E-state index is 12.1. The van der Waals surface area contributed by atoms with Crippen molar-refractivity contribution in [3.63, 3.8) is 0 Å². The predicted molar refractivity (Wildman–Crippen MR) is 112 cm³/mol. The number of nitrogens with two attached hydrogens (primary N) is 2. The lowest BCUT2D eigenvalue weighted by Crippen LogP contribution is -2.42. The van der Waals surface area contributed by atoms with Crippen LogP contribution in [-0.4, -0.2) is 43.4 Å². The number of benzene rings is 2. The number of hydrogen-bond acceptors (Lipinski definition) is 4. The van der Waals surface area contributed by atoms with Crippen LogP contribution in [0.3, 0.4) is 0 Å². The fourth-order valence-electron chi connectivity index (χ4n) is 3.89. The summed E-state index contributed by atoms with van der Waals surface area (Å²) < 4.78 is 5.48. The van der Waals surface area contributed by atoms with Crippen molar-refractivity contribution in [2.75, 3.05) is 26.7 Å². The number of piperidine rings is 1. The highest BCUT2D eigenvalue weighted by Crippen LogP contribution is 2.33.